The maximum atomic E-state index is 12.2. The molecule has 3 aromatic rings. The summed E-state index contributed by atoms with van der Waals surface area (Å²) in [4.78, 5) is 36.2. The van der Waals surface area contributed by atoms with E-state index in [0.717, 1.165) is 5.56 Å². The lowest BCUT2D eigenvalue weighted by atomic mass is 10.1. The van der Waals surface area contributed by atoms with E-state index in [4.69, 9.17) is 16.3 Å². The van der Waals surface area contributed by atoms with Gasteiger partial charge in [-0.25, -0.2) is 10.2 Å². The molecule has 0 heterocycles. The number of rotatable bonds is 7. The van der Waals surface area contributed by atoms with Gasteiger partial charge in [-0.1, -0.05) is 41.4 Å². The minimum absolute atomic E-state index is 0.219. The Morgan fingerprint density at radius 1 is 0.969 bits per heavy atom. The van der Waals surface area contributed by atoms with Gasteiger partial charge in [-0.3, -0.25) is 9.59 Å². The van der Waals surface area contributed by atoms with Gasteiger partial charge in [0.15, 0.2) is 0 Å². The first-order valence-corrected chi connectivity index (χ1v) is 10.0. The highest BCUT2D eigenvalue weighted by Gasteiger charge is 2.09. The van der Waals surface area contributed by atoms with E-state index in [9.17, 15) is 14.4 Å². The number of amides is 2. The zero-order chi connectivity index (χ0) is 22.9. The molecule has 0 aliphatic rings. The Labute approximate surface area is 190 Å². The van der Waals surface area contributed by atoms with E-state index >= 15 is 0 Å². The van der Waals surface area contributed by atoms with E-state index in [0.29, 0.717) is 27.5 Å². The fraction of sp³-hybridized carbons (Fsp3) is 0.0833. The number of ether oxygens (including phenoxy) is 1. The average molecular weight is 450 g/mol. The molecule has 0 aromatic heterocycles. The minimum Gasteiger partial charge on any atom is -0.423 e. The van der Waals surface area contributed by atoms with Crippen molar-refractivity contribution < 1.29 is 19.1 Å². The summed E-state index contributed by atoms with van der Waals surface area (Å²) in [5.74, 6) is -1.02. The molecule has 0 bridgehead atoms. The number of nitrogens with one attached hydrogen (secondary N) is 2. The Kier molecular flexibility index (Phi) is 7.72. The first-order valence-electron chi connectivity index (χ1n) is 9.65. The highest BCUT2D eigenvalue weighted by atomic mass is 35.5. The van der Waals surface area contributed by atoms with Crippen molar-refractivity contribution in [3.05, 3.63) is 100 Å². The lowest BCUT2D eigenvalue weighted by Crippen LogP contribution is -2.34. The quantitative estimate of drug-likeness (QED) is 0.248. The molecule has 0 aliphatic heterocycles. The summed E-state index contributed by atoms with van der Waals surface area (Å²) in [6.07, 6.45) is 1.40. The van der Waals surface area contributed by atoms with Gasteiger partial charge in [0, 0.05) is 10.6 Å². The molecule has 0 radical (unpaired) electrons. The van der Waals surface area contributed by atoms with E-state index in [1.165, 1.54) is 6.21 Å². The number of halogens is 1. The number of nitrogens with zero attached hydrogens (tertiary/aromatic N) is 1. The van der Waals surface area contributed by atoms with Crippen LogP contribution in [0.5, 0.6) is 5.75 Å². The Hall–Kier alpha value is -3.97. The minimum atomic E-state index is -0.520. The molecule has 0 aliphatic carbocycles. The highest BCUT2D eigenvalue weighted by molar-refractivity contribution is 6.30. The Balaban J connectivity index is 1.49. The zero-order valence-electron chi connectivity index (χ0n) is 17.2. The number of hydrogen-bond donors (Lipinski definition) is 2. The van der Waals surface area contributed by atoms with Crippen LogP contribution in [-0.2, 0) is 4.79 Å². The van der Waals surface area contributed by atoms with Crippen LogP contribution >= 0.6 is 11.6 Å². The Morgan fingerprint density at radius 3 is 2.47 bits per heavy atom. The summed E-state index contributed by atoms with van der Waals surface area (Å²) in [5.41, 5.74) is 4.74. The molecule has 0 unspecified atom stereocenters. The number of carbonyl (C=O) groups is 3. The molecule has 7 nitrogen and oxygen atoms in total. The van der Waals surface area contributed by atoms with Crippen molar-refractivity contribution in [3.63, 3.8) is 0 Å². The normalized spacial score (nSPS) is 10.6. The van der Waals surface area contributed by atoms with Crippen molar-refractivity contribution >= 4 is 35.6 Å². The molecule has 0 saturated heterocycles. The van der Waals surface area contributed by atoms with Gasteiger partial charge in [-0.15, -0.1) is 0 Å². The summed E-state index contributed by atoms with van der Waals surface area (Å²) in [7, 11) is 0. The van der Waals surface area contributed by atoms with Crippen molar-refractivity contribution in [3.8, 4) is 5.75 Å². The summed E-state index contributed by atoms with van der Waals surface area (Å²) in [6.45, 7) is 1.66. The summed E-state index contributed by atoms with van der Waals surface area (Å²) >= 11 is 5.82. The Morgan fingerprint density at radius 2 is 1.72 bits per heavy atom. The predicted molar refractivity (Wildman–Crippen MR) is 122 cm³/mol. The topological polar surface area (TPSA) is 96.9 Å². The van der Waals surface area contributed by atoms with Gasteiger partial charge < -0.3 is 10.1 Å². The first kappa shape index (κ1) is 22.7. The van der Waals surface area contributed by atoms with Gasteiger partial charge >= 0.3 is 5.97 Å². The molecule has 2 amide bonds. The van der Waals surface area contributed by atoms with Crippen molar-refractivity contribution in [1.29, 1.82) is 0 Å². The zero-order valence-corrected chi connectivity index (χ0v) is 17.9. The molecular formula is C24H20ClN3O4. The summed E-state index contributed by atoms with van der Waals surface area (Å²) in [6, 6.07) is 20.1. The van der Waals surface area contributed by atoms with Crippen LogP contribution in [-0.4, -0.2) is 30.5 Å². The number of carbonyl (C=O) groups excluding carboxylic acids is 3. The molecule has 32 heavy (non-hydrogen) atoms. The maximum Gasteiger partial charge on any atom is 0.343 e. The second kappa shape index (κ2) is 10.9. The third kappa shape index (κ3) is 6.78. The maximum absolute atomic E-state index is 12.2. The van der Waals surface area contributed by atoms with Crippen LogP contribution in [0.1, 0.15) is 31.8 Å². The molecule has 3 aromatic carbocycles. The molecule has 8 heteroatoms. The van der Waals surface area contributed by atoms with Crippen molar-refractivity contribution in [2.24, 2.45) is 5.10 Å². The van der Waals surface area contributed by atoms with E-state index in [1.54, 1.807) is 66.7 Å². The fourth-order valence-electron chi connectivity index (χ4n) is 2.68. The molecule has 0 saturated carbocycles. The van der Waals surface area contributed by atoms with Crippen molar-refractivity contribution in [2.75, 3.05) is 6.54 Å². The largest absolute Gasteiger partial charge is 0.423 e. The van der Waals surface area contributed by atoms with Crippen molar-refractivity contribution in [1.82, 2.24) is 10.7 Å². The highest BCUT2D eigenvalue weighted by Crippen LogP contribution is 2.16. The standard InChI is InChI=1S/C24H20ClN3O4/c1-16-4-2-6-19(12-16)23(30)26-15-22(29)28-27-14-17-5-3-7-21(13-17)32-24(31)18-8-10-20(25)11-9-18/h2-14H,15H2,1H3,(H,26,30)(H,28,29)/b27-14-. The third-order valence-electron chi connectivity index (χ3n) is 4.24. The van der Waals surface area contributed by atoms with E-state index in [2.05, 4.69) is 15.8 Å². The van der Waals surface area contributed by atoms with Crippen molar-refractivity contribution in [2.45, 2.75) is 6.92 Å². The lowest BCUT2D eigenvalue weighted by Gasteiger charge is -2.06. The second-order valence-corrected chi connectivity index (χ2v) is 7.25. The van der Waals surface area contributed by atoms with Crippen LogP contribution in [0.4, 0.5) is 0 Å². The summed E-state index contributed by atoms with van der Waals surface area (Å²) < 4.78 is 5.35. The van der Waals surface area contributed by atoms with Crippen LogP contribution in [0.3, 0.4) is 0 Å². The molecule has 0 spiro atoms. The molecule has 162 valence electrons. The lowest BCUT2D eigenvalue weighted by molar-refractivity contribution is -0.120. The van der Waals surface area contributed by atoms with Crippen LogP contribution < -0.4 is 15.5 Å². The van der Waals surface area contributed by atoms with Crippen LogP contribution in [0.15, 0.2) is 77.9 Å². The fourth-order valence-corrected chi connectivity index (χ4v) is 2.80. The predicted octanol–water partition coefficient (Wildman–Crippen LogP) is 3.75. The summed E-state index contributed by atoms with van der Waals surface area (Å²) in [5, 5.41) is 6.92. The first-order chi connectivity index (χ1) is 15.4. The SMILES string of the molecule is Cc1cccc(C(=O)NCC(=O)N/N=C\c2cccc(OC(=O)c3ccc(Cl)cc3)c2)c1. The smallest absolute Gasteiger partial charge is 0.343 e. The monoisotopic (exact) mass is 449 g/mol. The molecule has 0 fully saturated rings. The van der Waals surface area contributed by atoms with Gasteiger partial charge in [0.25, 0.3) is 11.8 Å². The number of esters is 1. The molecular weight excluding hydrogens is 430 g/mol. The second-order valence-electron chi connectivity index (χ2n) is 6.81. The van der Waals surface area contributed by atoms with Gasteiger partial charge in [0.1, 0.15) is 5.75 Å². The van der Waals surface area contributed by atoms with Crippen LogP contribution in [0, 0.1) is 6.92 Å². The van der Waals surface area contributed by atoms with E-state index in [-0.39, 0.29) is 12.5 Å². The van der Waals surface area contributed by atoms with Gasteiger partial charge in [0.05, 0.1) is 18.3 Å². The van der Waals surface area contributed by atoms with Gasteiger partial charge in [-0.2, -0.15) is 5.10 Å². The van der Waals surface area contributed by atoms with Crippen LogP contribution in [0.2, 0.25) is 5.02 Å². The van der Waals surface area contributed by atoms with Gasteiger partial charge in [0.2, 0.25) is 0 Å². The van der Waals surface area contributed by atoms with Crippen LogP contribution in [0.25, 0.3) is 0 Å². The molecule has 0 atom stereocenters. The third-order valence-corrected chi connectivity index (χ3v) is 4.49. The molecule has 3 rings (SSSR count). The van der Waals surface area contributed by atoms with Gasteiger partial charge in [-0.05, 0) is 61.0 Å². The Bertz CT molecular complexity index is 1160. The average Bonchev–Trinajstić information content (AvgIpc) is 2.78. The van der Waals surface area contributed by atoms with E-state index < -0.39 is 11.9 Å². The van der Waals surface area contributed by atoms with E-state index in [1.807, 2.05) is 13.0 Å². The number of aryl methyl sites for hydroxylation is 1. The molecule has 2 N–H and O–H groups in total. The number of benzene rings is 3. The number of hydrogen-bond acceptors (Lipinski definition) is 5. The number of hydrazone groups is 1.